The van der Waals surface area contributed by atoms with Gasteiger partial charge in [-0.25, -0.2) is 0 Å². The molecule has 0 radical (unpaired) electrons. The summed E-state index contributed by atoms with van der Waals surface area (Å²) in [5.74, 6) is -0.0707. The quantitative estimate of drug-likeness (QED) is 0.505. The Labute approximate surface area is 166 Å². The van der Waals surface area contributed by atoms with Crippen molar-refractivity contribution in [3.05, 3.63) is 88.9 Å². The van der Waals surface area contributed by atoms with Crippen molar-refractivity contribution in [1.82, 2.24) is 15.1 Å². The van der Waals surface area contributed by atoms with Crippen LogP contribution in [-0.2, 0) is 17.9 Å². The Morgan fingerprint density at radius 2 is 1.63 bits per heavy atom. The minimum Gasteiger partial charge on any atom is -0.350 e. The fourth-order valence-corrected chi connectivity index (χ4v) is 3.51. The molecule has 4 rings (SSSR count). The fourth-order valence-electron chi connectivity index (χ4n) is 3.08. The number of hydrogen-bond donors (Lipinski definition) is 1. The number of nitrogens with zero attached hydrogens (tertiary/aromatic N) is 2. The molecule has 1 amide bonds. The van der Waals surface area contributed by atoms with Gasteiger partial charge in [0.05, 0.1) is 5.52 Å². The first-order valence-corrected chi connectivity index (χ1v) is 9.53. The monoisotopic (exact) mass is 419 g/mol. The van der Waals surface area contributed by atoms with Gasteiger partial charge in [0, 0.05) is 22.0 Å². The van der Waals surface area contributed by atoms with Crippen LogP contribution in [-0.4, -0.2) is 15.7 Å². The number of hydrogen-bond acceptors (Lipinski definition) is 2. The van der Waals surface area contributed by atoms with Gasteiger partial charge >= 0.3 is 0 Å². The van der Waals surface area contributed by atoms with Crippen LogP contribution in [0.15, 0.2) is 83.3 Å². The molecule has 0 fully saturated rings. The standard InChI is InChI=1S/C22H18BrN3O/c23-19-12-6-4-10-17(19)14-24-21(27)15-26-20-13-7-5-11-18(20)22(25-26)16-8-2-1-3-9-16/h1-13H,14-15H2,(H,24,27). The molecule has 27 heavy (non-hydrogen) atoms. The van der Waals surface area contributed by atoms with E-state index in [2.05, 4.69) is 21.2 Å². The summed E-state index contributed by atoms with van der Waals surface area (Å²) in [6, 6.07) is 25.9. The Morgan fingerprint density at radius 3 is 2.44 bits per heavy atom. The minimum atomic E-state index is -0.0707. The van der Waals surface area contributed by atoms with Crippen LogP contribution in [0.2, 0.25) is 0 Å². The lowest BCUT2D eigenvalue weighted by Gasteiger charge is -2.08. The molecule has 0 bridgehead atoms. The molecule has 0 aliphatic carbocycles. The summed E-state index contributed by atoms with van der Waals surface area (Å²) in [6.07, 6.45) is 0. The zero-order valence-corrected chi connectivity index (χ0v) is 16.2. The average Bonchev–Trinajstić information content (AvgIpc) is 3.07. The van der Waals surface area contributed by atoms with Crippen molar-refractivity contribution in [3.8, 4) is 11.3 Å². The van der Waals surface area contributed by atoms with Crippen molar-refractivity contribution < 1.29 is 4.79 Å². The molecule has 0 spiro atoms. The van der Waals surface area contributed by atoms with Crippen LogP contribution >= 0.6 is 15.9 Å². The topological polar surface area (TPSA) is 46.9 Å². The molecule has 0 atom stereocenters. The third-order valence-electron chi connectivity index (χ3n) is 4.43. The number of fused-ring (bicyclic) bond motifs is 1. The first-order valence-electron chi connectivity index (χ1n) is 8.73. The maximum absolute atomic E-state index is 12.5. The molecule has 0 saturated carbocycles. The lowest BCUT2D eigenvalue weighted by molar-refractivity contribution is -0.121. The number of para-hydroxylation sites is 1. The van der Waals surface area contributed by atoms with Crippen molar-refractivity contribution in [2.75, 3.05) is 0 Å². The highest BCUT2D eigenvalue weighted by molar-refractivity contribution is 9.10. The molecule has 1 N–H and O–H groups in total. The maximum Gasteiger partial charge on any atom is 0.242 e. The molecular formula is C22H18BrN3O. The van der Waals surface area contributed by atoms with E-state index in [-0.39, 0.29) is 12.5 Å². The van der Waals surface area contributed by atoms with E-state index in [0.29, 0.717) is 6.54 Å². The Balaban J connectivity index is 1.57. The zero-order chi connectivity index (χ0) is 18.6. The van der Waals surface area contributed by atoms with Crippen LogP contribution < -0.4 is 5.32 Å². The second kappa shape index (κ2) is 7.76. The average molecular weight is 420 g/mol. The maximum atomic E-state index is 12.5. The molecule has 1 heterocycles. The van der Waals surface area contributed by atoms with Crippen molar-refractivity contribution >= 4 is 32.7 Å². The largest absolute Gasteiger partial charge is 0.350 e. The summed E-state index contributed by atoms with van der Waals surface area (Å²) in [6.45, 7) is 0.656. The number of aromatic nitrogens is 2. The number of amides is 1. The van der Waals surface area contributed by atoms with Gasteiger partial charge in [-0.2, -0.15) is 5.10 Å². The van der Waals surface area contributed by atoms with Gasteiger partial charge in [-0.1, -0.05) is 82.7 Å². The highest BCUT2D eigenvalue weighted by Gasteiger charge is 2.14. The lowest BCUT2D eigenvalue weighted by Crippen LogP contribution is -2.27. The van der Waals surface area contributed by atoms with Gasteiger partial charge in [-0.3, -0.25) is 9.48 Å². The van der Waals surface area contributed by atoms with Gasteiger partial charge < -0.3 is 5.32 Å². The highest BCUT2D eigenvalue weighted by Crippen LogP contribution is 2.27. The third kappa shape index (κ3) is 3.78. The summed E-state index contributed by atoms with van der Waals surface area (Å²) < 4.78 is 2.76. The first kappa shape index (κ1) is 17.5. The number of carbonyl (C=O) groups excluding carboxylic acids is 1. The highest BCUT2D eigenvalue weighted by atomic mass is 79.9. The Bertz CT molecular complexity index is 1090. The molecule has 0 unspecified atom stereocenters. The van der Waals surface area contributed by atoms with E-state index in [1.807, 2.05) is 78.9 Å². The number of halogens is 1. The van der Waals surface area contributed by atoms with E-state index in [0.717, 1.165) is 32.2 Å². The van der Waals surface area contributed by atoms with E-state index < -0.39 is 0 Å². The van der Waals surface area contributed by atoms with Gasteiger partial charge in [0.2, 0.25) is 5.91 Å². The van der Waals surface area contributed by atoms with Gasteiger partial charge in [0.25, 0.3) is 0 Å². The van der Waals surface area contributed by atoms with Gasteiger partial charge in [0.15, 0.2) is 0 Å². The third-order valence-corrected chi connectivity index (χ3v) is 5.21. The van der Waals surface area contributed by atoms with Gasteiger partial charge in [-0.15, -0.1) is 0 Å². The first-order chi connectivity index (χ1) is 13.2. The molecule has 134 valence electrons. The van der Waals surface area contributed by atoms with E-state index in [9.17, 15) is 4.79 Å². The van der Waals surface area contributed by atoms with E-state index >= 15 is 0 Å². The van der Waals surface area contributed by atoms with Crippen molar-refractivity contribution in [1.29, 1.82) is 0 Å². The van der Waals surface area contributed by atoms with Crippen LogP contribution in [0, 0.1) is 0 Å². The summed E-state index contributed by atoms with van der Waals surface area (Å²) in [7, 11) is 0. The molecular weight excluding hydrogens is 402 g/mol. The second-order valence-corrected chi connectivity index (χ2v) is 7.11. The number of benzene rings is 3. The number of carbonyl (C=O) groups is 1. The Kier molecular flexibility index (Phi) is 5.03. The van der Waals surface area contributed by atoms with Crippen LogP contribution in [0.4, 0.5) is 0 Å². The molecule has 4 aromatic rings. The van der Waals surface area contributed by atoms with Crippen LogP contribution in [0.5, 0.6) is 0 Å². The van der Waals surface area contributed by atoms with Gasteiger partial charge in [-0.05, 0) is 17.7 Å². The van der Waals surface area contributed by atoms with Crippen molar-refractivity contribution in [2.45, 2.75) is 13.1 Å². The van der Waals surface area contributed by atoms with Crippen LogP contribution in [0.25, 0.3) is 22.2 Å². The molecule has 1 aromatic heterocycles. The summed E-state index contributed by atoms with van der Waals surface area (Å²) >= 11 is 3.51. The van der Waals surface area contributed by atoms with Crippen LogP contribution in [0.3, 0.4) is 0 Å². The fraction of sp³-hybridized carbons (Fsp3) is 0.0909. The lowest BCUT2D eigenvalue weighted by atomic mass is 10.1. The predicted molar refractivity (Wildman–Crippen MR) is 111 cm³/mol. The molecule has 0 aliphatic heterocycles. The van der Waals surface area contributed by atoms with Crippen molar-refractivity contribution in [2.24, 2.45) is 0 Å². The summed E-state index contributed by atoms with van der Waals surface area (Å²) in [4.78, 5) is 12.5. The van der Waals surface area contributed by atoms with Crippen molar-refractivity contribution in [3.63, 3.8) is 0 Å². The van der Waals surface area contributed by atoms with E-state index in [1.165, 1.54) is 0 Å². The minimum absolute atomic E-state index is 0.0707. The SMILES string of the molecule is O=C(Cn1nc(-c2ccccc2)c2ccccc21)NCc1ccccc1Br. The molecule has 3 aromatic carbocycles. The molecule has 5 heteroatoms. The smallest absolute Gasteiger partial charge is 0.242 e. The Morgan fingerprint density at radius 1 is 0.926 bits per heavy atom. The normalized spacial score (nSPS) is 10.9. The second-order valence-electron chi connectivity index (χ2n) is 6.26. The van der Waals surface area contributed by atoms with E-state index in [1.54, 1.807) is 4.68 Å². The van der Waals surface area contributed by atoms with E-state index in [4.69, 9.17) is 5.10 Å². The van der Waals surface area contributed by atoms with Crippen LogP contribution in [0.1, 0.15) is 5.56 Å². The van der Waals surface area contributed by atoms with Gasteiger partial charge in [0.1, 0.15) is 12.2 Å². The summed E-state index contributed by atoms with van der Waals surface area (Å²) in [5, 5.41) is 8.73. The molecule has 0 aliphatic rings. The predicted octanol–water partition coefficient (Wildman–Crippen LogP) is 4.78. The number of nitrogens with one attached hydrogen (secondary N) is 1. The molecule has 0 saturated heterocycles. The Hall–Kier alpha value is -2.92. The molecule has 4 nitrogen and oxygen atoms in total. The zero-order valence-electron chi connectivity index (χ0n) is 14.6. The number of rotatable bonds is 5. The summed E-state index contributed by atoms with van der Waals surface area (Å²) in [5.41, 5.74) is 3.93.